The Bertz CT molecular complexity index is 911. The van der Waals surface area contributed by atoms with Crippen molar-refractivity contribution in [3.8, 4) is 11.5 Å². The van der Waals surface area contributed by atoms with E-state index >= 15 is 0 Å². The van der Waals surface area contributed by atoms with E-state index in [1.54, 1.807) is 18.2 Å². The molecule has 3 rings (SSSR count). The smallest absolute Gasteiger partial charge is 0.244 e. The van der Waals surface area contributed by atoms with Gasteiger partial charge in [-0.25, -0.2) is 0 Å². The Kier molecular flexibility index (Phi) is 6.55. The second-order valence-corrected chi connectivity index (χ2v) is 6.54. The monoisotopic (exact) mass is 400 g/mol. The fraction of sp³-hybridized carbons (Fsp3) is 0.238. The number of hydrogen-bond acceptors (Lipinski definition) is 4. The van der Waals surface area contributed by atoms with Gasteiger partial charge in [0.25, 0.3) is 0 Å². The zero-order chi connectivity index (χ0) is 19.9. The lowest BCUT2D eigenvalue weighted by molar-refractivity contribution is -0.121. The molecule has 1 aliphatic heterocycles. The van der Waals surface area contributed by atoms with Crippen LogP contribution in [0, 0.1) is 0 Å². The summed E-state index contributed by atoms with van der Waals surface area (Å²) in [5.41, 5.74) is 2.49. The molecular formula is C21H21ClN2O4. The lowest BCUT2D eigenvalue weighted by Gasteiger charge is -2.19. The van der Waals surface area contributed by atoms with Crippen LogP contribution in [0.25, 0.3) is 6.08 Å². The summed E-state index contributed by atoms with van der Waals surface area (Å²) in [4.78, 5) is 24.1. The SMILES string of the molecule is CCc1ccccc1NC(=O)CNC(=O)/C=C/c1cc(Cl)c2c(c1)OCCO2. The van der Waals surface area contributed by atoms with E-state index in [1.807, 2.05) is 31.2 Å². The highest BCUT2D eigenvalue weighted by Gasteiger charge is 2.16. The summed E-state index contributed by atoms with van der Waals surface area (Å²) in [6.07, 6.45) is 3.75. The lowest BCUT2D eigenvalue weighted by atomic mass is 10.1. The molecule has 1 heterocycles. The van der Waals surface area contributed by atoms with Gasteiger partial charge in [0.15, 0.2) is 11.5 Å². The summed E-state index contributed by atoms with van der Waals surface area (Å²) in [6.45, 7) is 2.80. The summed E-state index contributed by atoms with van der Waals surface area (Å²) in [5, 5.41) is 5.79. The third kappa shape index (κ3) is 5.04. The molecular weight excluding hydrogens is 380 g/mol. The molecule has 0 unspecified atom stereocenters. The molecule has 0 bridgehead atoms. The predicted molar refractivity (Wildman–Crippen MR) is 109 cm³/mol. The molecule has 28 heavy (non-hydrogen) atoms. The number of halogens is 1. The van der Waals surface area contributed by atoms with E-state index in [2.05, 4.69) is 10.6 Å². The van der Waals surface area contributed by atoms with Crippen LogP contribution in [0.5, 0.6) is 11.5 Å². The third-order valence-electron chi connectivity index (χ3n) is 4.14. The van der Waals surface area contributed by atoms with Crippen molar-refractivity contribution in [1.82, 2.24) is 5.32 Å². The van der Waals surface area contributed by atoms with Crippen LogP contribution in [0.4, 0.5) is 5.69 Å². The van der Waals surface area contributed by atoms with Gasteiger partial charge in [0, 0.05) is 11.8 Å². The van der Waals surface area contributed by atoms with Gasteiger partial charge in [-0.15, -0.1) is 0 Å². The minimum Gasteiger partial charge on any atom is -0.486 e. The Hall–Kier alpha value is -2.99. The highest BCUT2D eigenvalue weighted by molar-refractivity contribution is 6.32. The quantitative estimate of drug-likeness (QED) is 0.728. The molecule has 2 aromatic carbocycles. The predicted octanol–water partition coefficient (Wildman–Crippen LogP) is 3.44. The molecule has 1 aliphatic rings. The summed E-state index contributed by atoms with van der Waals surface area (Å²) in [5.74, 6) is 0.390. The second-order valence-electron chi connectivity index (χ2n) is 6.14. The van der Waals surface area contributed by atoms with Crippen molar-refractivity contribution in [2.24, 2.45) is 0 Å². The molecule has 6 nitrogen and oxygen atoms in total. The Morgan fingerprint density at radius 1 is 1.18 bits per heavy atom. The number of rotatable bonds is 6. The molecule has 146 valence electrons. The van der Waals surface area contributed by atoms with E-state index in [0.717, 1.165) is 17.7 Å². The first-order valence-corrected chi connectivity index (χ1v) is 9.37. The first-order valence-electron chi connectivity index (χ1n) is 8.99. The molecule has 0 radical (unpaired) electrons. The number of nitrogens with one attached hydrogen (secondary N) is 2. The molecule has 0 fully saturated rings. The van der Waals surface area contributed by atoms with E-state index in [9.17, 15) is 9.59 Å². The molecule has 7 heteroatoms. The van der Waals surface area contributed by atoms with Gasteiger partial charge in [0.05, 0.1) is 11.6 Å². The molecule has 0 spiro atoms. The van der Waals surface area contributed by atoms with Crippen molar-refractivity contribution < 1.29 is 19.1 Å². The van der Waals surface area contributed by atoms with Crippen molar-refractivity contribution >= 4 is 35.2 Å². The zero-order valence-corrected chi connectivity index (χ0v) is 16.2. The van der Waals surface area contributed by atoms with Crippen molar-refractivity contribution in [3.63, 3.8) is 0 Å². The number of hydrogen-bond donors (Lipinski definition) is 2. The maximum absolute atomic E-state index is 12.1. The number of ether oxygens (including phenoxy) is 2. The number of para-hydroxylation sites is 1. The number of aryl methyl sites for hydroxylation is 1. The van der Waals surface area contributed by atoms with Crippen molar-refractivity contribution in [2.45, 2.75) is 13.3 Å². The van der Waals surface area contributed by atoms with Gasteiger partial charge in [0.2, 0.25) is 11.8 Å². The van der Waals surface area contributed by atoms with Gasteiger partial charge < -0.3 is 20.1 Å². The van der Waals surface area contributed by atoms with Gasteiger partial charge >= 0.3 is 0 Å². The summed E-state index contributed by atoms with van der Waals surface area (Å²) in [6, 6.07) is 11.0. The maximum Gasteiger partial charge on any atom is 0.244 e. The fourth-order valence-electron chi connectivity index (χ4n) is 2.77. The average Bonchev–Trinajstić information content (AvgIpc) is 2.71. The van der Waals surface area contributed by atoms with E-state index in [-0.39, 0.29) is 18.4 Å². The summed E-state index contributed by atoms with van der Waals surface area (Å²) in [7, 11) is 0. The second kappa shape index (κ2) is 9.28. The number of carbonyl (C=O) groups is 2. The Balaban J connectivity index is 1.54. The first kappa shape index (κ1) is 19.8. The molecule has 0 saturated heterocycles. The van der Waals surface area contributed by atoms with Gasteiger partial charge in [-0.2, -0.15) is 0 Å². The van der Waals surface area contributed by atoms with Crippen LogP contribution in [0.3, 0.4) is 0 Å². The topological polar surface area (TPSA) is 76.7 Å². The van der Waals surface area contributed by atoms with E-state index in [1.165, 1.54) is 6.08 Å². The Morgan fingerprint density at radius 2 is 1.96 bits per heavy atom. The number of fused-ring (bicyclic) bond motifs is 1. The fourth-order valence-corrected chi connectivity index (χ4v) is 3.04. The highest BCUT2D eigenvalue weighted by Crippen LogP contribution is 2.38. The number of amides is 2. The van der Waals surface area contributed by atoms with Crippen LogP contribution in [-0.2, 0) is 16.0 Å². The zero-order valence-electron chi connectivity index (χ0n) is 15.5. The highest BCUT2D eigenvalue weighted by atomic mass is 35.5. The third-order valence-corrected chi connectivity index (χ3v) is 4.42. The molecule has 0 aliphatic carbocycles. The van der Waals surface area contributed by atoms with Gasteiger partial charge in [-0.05, 0) is 41.8 Å². The molecule has 0 atom stereocenters. The van der Waals surface area contributed by atoms with Crippen LogP contribution in [-0.4, -0.2) is 31.6 Å². The van der Waals surface area contributed by atoms with Crippen LogP contribution in [0.1, 0.15) is 18.1 Å². The standard InChI is InChI=1S/C21H21ClN2O4/c1-2-15-5-3-4-6-17(15)24-20(26)13-23-19(25)8-7-14-11-16(22)21-18(12-14)27-9-10-28-21/h3-8,11-12H,2,9-10,13H2,1H3,(H,23,25)(H,24,26)/b8-7+. The van der Waals surface area contributed by atoms with Crippen LogP contribution in [0.2, 0.25) is 5.02 Å². The molecule has 0 saturated carbocycles. The van der Waals surface area contributed by atoms with Crippen LogP contribution >= 0.6 is 11.6 Å². The van der Waals surface area contributed by atoms with E-state index in [0.29, 0.717) is 35.3 Å². The van der Waals surface area contributed by atoms with Gasteiger partial charge in [-0.3, -0.25) is 9.59 Å². The maximum atomic E-state index is 12.1. The van der Waals surface area contributed by atoms with E-state index in [4.69, 9.17) is 21.1 Å². The van der Waals surface area contributed by atoms with Crippen molar-refractivity contribution in [3.05, 3.63) is 58.6 Å². The number of carbonyl (C=O) groups excluding carboxylic acids is 2. The lowest BCUT2D eigenvalue weighted by Crippen LogP contribution is -2.31. The molecule has 0 aromatic heterocycles. The summed E-state index contributed by atoms with van der Waals surface area (Å²) < 4.78 is 11.0. The first-order chi connectivity index (χ1) is 13.6. The number of anilines is 1. The minimum absolute atomic E-state index is 0.122. The van der Waals surface area contributed by atoms with Gasteiger partial charge in [0.1, 0.15) is 13.2 Å². The molecule has 2 N–H and O–H groups in total. The molecule has 2 aromatic rings. The average molecular weight is 401 g/mol. The normalized spacial score (nSPS) is 12.6. The van der Waals surface area contributed by atoms with Crippen molar-refractivity contribution in [1.29, 1.82) is 0 Å². The Morgan fingerprint density at radius 3 is 2.79 bits per heavy atom. The molecule has 2 amide bonds. The van der Waals surface area contributed by atoms with E-state index < -0.39 is 0 Å². The van der Waals surface area contributed by atoms with Crippen LogP contribution < -0.4 is 20.1 Å². The Labute approximate surface area is 168 Å². The summed E-state index contributed by atoms with van der Waals surface area (Å²) >= 11 is 6.17. The minimum atomic E-state index is -0.384. The van der Waals surface area contributed by atoms with Gasteiger partial charge in [-0.1, -0.05) is 36.7 Å². The van der Waals surface area contributed by atoms with Crippen molar-refractivity contribution in [2.75, 3.05) is 25.1 Å². The number of benzene rings is 2. The van der Waals surface area contributed by atoms with Crippen LogP contribution in [0.15, 0.2) is 42.5 Å². The largest absolute Gasteiger partial charge is 0.486 e.